The first-order valence-corrected chi connectivity index (χ1v) is 7.37. The quantitative estimate of drug-likeness (QED) is 0.798. The van der Waals surface area contributed by atoms with Gasteiger partial charge in [0.25, 0.3) is 5.91 Å². The number of amides is 1. The Morgan fingerprint density at radius 1 is 1.40 bits per heavy atom. The monoisotopic (exact) mass is 285 g/mol. The van der Waals surface area contributed by atoms with Gasteiger partial charge in [-0.05, 0) is 43.0 Å². The van der Waals surface area contributed by atoms with E-state index in [4.69, 9.17) is 0 Å². The maximum absolute atomic E-state index is 12.4. The Labute approximate surface area is 121 Å². The SMILES string of the molecule is CCn1c(C(=O)Nc2ccc(C)cn2)cc2sccc21. The number of carbonyl (C=O) groups is 1. The summed E-state index contributed by atoms with van der Waals surface area (Å²) in [6, 6.07) is 7.73. The molecular weight excluding hydrogens is 270 g/mol. The summed E-state index contributed by atoms with van der Waals surface area (Å²) in [6.45, 7) is 4.78. The number of aromatic nitrogens is 2. The van der Waals surface area contributed by atoms with Gasteiger partial charge < -0.3 is 9.88 Å². The molecule has 3 heterocycles. The average Bonchev–Trinajstić information content (AvgIpc) is 3.01. The maximum Gasteiger partial charge on any atom is 0.273 e. The second-order valence-electron chi connectivity index (χ2n) is 4.62. The third-order valence-corrected chi connectivity index (χ3v) is 4.08. The Morgan fingerprint density at radius 2 is 2.25 bits per heavy atom. The Bertz CT molecular complexity index is 755. The van der Waals surface area contributed by atoms with Gasteiger partial charge in [0, 0.05) is 12.7 Å². The fourth-order valence-electron chi connectivity index (χ4n) is 2.23. The van der Waals surface area contributed by atoms with E-state index in [1.807, 2.05) is 48.1 Å². The Balaban J connectivity index is 1.92. The molecule has 0 fully saturated rings. The van der Waals surface area contributed by atoms with Crippen molar-refractivity contribution in [1.29, 1.82) is 0 Å². The van der Waals surface area contributed by atoms with E-state index in [2.05, 4.69) is 10.3 Å². The molecule has 0 aliphatic heterocycles. The summed E-state index contributed by atoms with van der Waals surface area (Å²) < 4.78 is 3.16. The van der Waals surface area contributed by atoms with Crippen LogP contribution < -0.4 is 5.32 Å². The van der Waals surface area contributed by atoms with Crippen LogP contribution in [-0.2, 0) is 6.54 Å². The Morgan fingerprint density at radius 3 is 2.95 bits per heavy atom. The fourth-order valence-corrected chi connectivity index (χ4v) is 3.05. The minimum Gasteiger partial charge on any atom is -0.336 e. The van der Waals surface area contributed by atoms with E-state index in [1.165, 1.54) is 0 Å². The van der Waals surface area contributed by atoms with Crippen LogP contribution in [0.3, 0.4) is 0 Å². The number of hydrogen-bond acceptors (Lipinski definition) is 3. The van der Waals surface area contributed by atoms with Crippen LogP contribution >= 0.6 is 11.3 Å². The minimum absolute atomic E-state index is 0.119. The van der Waals surface area contributed by atoms with E-state index in [1.54, 1.807) is 17.5 Å². The van der Waals surface area contributed by atoms with E-state index in [0.29, 0.717) is 11.5 Å². The predicted molar refractivity (Wildman–Crippen MR) is 82.4 cm³/mol. The normalized spacial score (nSPS) is 10.9. The lowest BCUT2D eigenvalue weighted by Crippen LogP contribution is -2.17. The summed E-state index contributed by atoms with van der Waals surface area (Å²) in [5.74, 6) is 0.458. The van der Waals surface area contributed by atoms with Gasteiger partial charge in [-0.25, -0.2) is 4.98 Å². The summed E-state index contributed by atoms with van der Waals surface area (Å²) in [7, 11) is 0. The highest BCUT2D eigenvalue weighted by atomic mass is 32.1. The molecule has 0 spiro atoms. The third-order valence-electron chi connectivity index (χ3n) is 3.22. The second kappa shape index (κ2) is 5.09. The molecule has 0 saturated heterocycles. The lowest BCUT2D eigenvalue weighted by atomic mass is 10.3. The van der Waals surface area contributed by atoms with Crippen molar-refractivity contribution in [2.24, 2.45) is 0 Å². The third kappa shape index (κ3) is 2.20. The molecular formula is C15H15N3OS. The van der Waals surface area contributed by atoms with Crippen molar-refractivity contribution >= 4 is 33.3 Å². The molecule has 3 aromatic heterocycles. The summed E-state index contributed by atoms with van der Waals surface area (Å²) in [5, 5.41) is 4.89. The number of nitrogens with one attached hydrogen (secondary N) is 1. The van der Waals surface area contributed by atoms with Gasteiger partial charge in [0.2, 0.25) is 0 Å². The molecule has 0 aliphatic carbocycles. The molecule has 3 aromatic rings. The average molecular weight is 285 g/mol. The van der Waals surface area contributed by atoms with Crippen molar-refractivity contribution in [2.45, 2.75) is 20.4 Å². The molecule has 0 saturated carbocycles. The van der Waals surface area contributed by atoms with Crippen LogP contribution in [0.1, 0.15) is 23.0 Å². The number of fused-ring (bicyclic) bond motifs is 1. The molecule has 102 valence electrons. The zero-order valence-corrected chi connectivity index (χ0v) is 12.2. The topological polar surface area (TPSA) is 46.9 Å². The van der Waals surface area contributed by atoms with E-state index < -0.39 is 0 Å². The number of hydrogen-bond donors (Lipinski definition) is 1. The van der Waals surface area contributed by atoms with E-state index in [-0.39, 0.29) is 5.91 Å². The van der Waals surface area contributed by atoms with Crippen LogP contribution in [0.15, 0.2) is 35.8 Å². The molecule has 3 rings (SSSR count). The van der Waals surface area contributed by atoms with E-state index >= 15 is 0 Å². The van der Waals surface area contributed by atoms with Crippen molar-refractivity contribution in [1.82, 2.24) is 9.55 Å². The number of thiophene rings is 1. The van der Waals surface area contributed by atoms with Crippen molar-refractivity contribution in [3.8, 4) is 0 Å². The van der Waals surface area contributed by atoms with Gasteiger partial charge in [-0.3, -0.25) is 4.79 Å². The number of anilines is 1. The lowest BCUT2D eigenvalue weighted by Gasteiger charge is -2.08. The highest BCUT2D eigenvalue weighted by molar-refractivity contribution is 7.17. The minimum atomic E-state index is -0.119. The van der Waals surface area contributed by atoms with Gasteiger partial charge in [0.1, 0.15) is 11.5 Å². The summed E-state index contributed by atoms with van der Waals surface area (Å²) in [6.07, 6.45) is 1.74. The van der Waals surface area contributed by atoms with Crippen LogP contribution in [-0.4, -0.2) is 15.5 Å². The zero-order valence-electron chi connectivity index (χ0n) is 11.4. The smallest absolute Gasteiger partial charge is 0.273 e. The Hall–Kier alpha value is -2.14. The largest absolute Gasteiger partial charge is 0.336 e. The molecule has 1 amide bonds. The van der Waals surface area contributed by atoms with Crippen molar-refractivity contribution in [3.63, 3.8) is 0 Å². The second-order valence-corrected chi connectivity index (χ2v) is 5.57. The first-order valence-electron chi connectivity index (χ1n) is 6.50. The number of aryl methyl sites for hydroxylation is 2. The number of nitrogens with zero attached hydrogens (tertiary/aromatic N) is 2. The van der Waals surface area contributed by atoms with Crippen molar-refractivity contribution in [2.75, 3.05) is 5.32 Å². The molecule has 0 aromatic carbocycles. The molecule has 0 aliphatic rings. The summed E-state index contributed by atoms with van der Waals surface area (Å²) in [5.41, 5.74) is 2.86. The van der Waals surface area contributed by atoms with Crippen molar-refractivity contribution < 1.29 is 4.79 Å². The zero-order chi connectivity index (χ0) is 14.1. The fraction of sp³-hybridized carbons (Fsp3) is 0.200. The first-order chi connectivity index (χ1) is 9.69. The van der Waals surface area contributed by atoms with Crippen LogP contribution in [0, 0.1) is 6.92 Å². The number of carbonyl (C=O) groups excluding carboxylic acids is 1. The number of pyridine rings is 1. The van der Waals surface area contributed by atoms with Gasteiger partial charge in [-0.2, -0.15) is 0 Å². The molecule has 0 unspecified atom stereocenters. The highest BCUT2D eigenvalue weighted by Crippen LogP contribution is 2.25. The van der Waals surface area contributed by atoms with E-state index in [9.17, 15) is 4.79 Å². The molecule has 1 N–H and O–H groups in total. The van der Waals surface area contributed by atoms with Crippen LogP contribution in [0.25, 0.3) is 10.2 Å². The lowest BCUT2D eigenvalue weighted by molar-refractivity contribution is 0.101. The van der Waals surface area contributed by atoms with E-state index in [0.717, 1.165) is 22.3 Å². The van der Waals surface area contributed by atoms with Crippen LogP contribution in [0.5, 0.6) is 0 Å². The molecule has 0 atom stereocenters. The van der Waals surface area contributed by atoms with Gasteiger partial charge >= 0.3 is 0 Å². The van der Waals surface area contributed by atoms with Gasteiger partial charge in [-0.15, -0.1) is 11.3 Å². The van der Waals surface area contributed by atoms with Crippen LogP contribution in [0.4, 0.5) is 5.82 Å². The molecule has 0 radical (unpaired) electrons. The summed E-state index contributed by atoms with van der Waals surface area (Å²) >= 11 is 1.65. The Kier molecular flexibility index (Phi) is 3.28. The highest BCUT2D eigenvalue weighted by Gasteiger charge is 2.15. The predicted octanol–water partition coefficient (Wildman–Crippen LogP) is 3.68. The molecule has 20 heavy (non-hydrogen) atoms. The van der Waals surface area contributed by atoms with Crippen molar-refractivity contribution in [3.05, 3.63) is 47.1 Å². The standard InChI is InChI=1S/C15H15N3OS/c1-3-18-11-6-7-20-13(11)8-12(18)15(19)17-14-5-4-10(2)9-16-14/h4-9H,3H2,1-2H3,(H,16,17,19). The van der Waals surface area contributed by atoms with Gasteiger partial charge in [0.05, 0.1) is 10.2 Å². The summed E-state index contributed by atoms with van der Waals surface area (Å²) in [4.78, 5) is 16.6. The molecule has 5 heteroatoms. The molecule has 0 bridgehead atoms. The van der Waals surface area contributed by atoms with Crippen LogP contribution in [0.2, 0.25) is 0 Å². The van der Waals surface area contributed by atoms with Gasteiger partial charge in [-0.1, -0.05) is 6.07 Å². The number of rotatable bonds is 3. The first kappa shape index (κ1) is 12.9. The van der Waals surface area contributed by atoms with Gasteiger partial charge in [0.15, 0.2) is 0 Å². The molecule has 4 nitrogen and oxygen atoms in total. The maximum atomic E-state index is 12.4.